The van der Waals surface area contributed by atoms with Gasteiger partial charge in [-0.1, -0.05) is 12.1 Å². The smallest absolute Gasteiger partial charge is 0.165 e. The molecule has 1 aliphatic rings. The molecule has 0 amide bonds. The molecule has 1 aromatic rings. The highest BCUT2D eigenvalue weighted by Gasteiger charge is 2.25. The molecule has 0 radical (unpaired) electrons. The number of methoxy groups -OCH3 is 2. The fourth-order valence-corrected chi connectivity index (χ4v) is 2.50. The van der Waals surface area contributed by atoms with E-state index in [0.717, 1.165) is 43.1 Å². The maximum atomic E-state index is 6.38. The van der Waals surface area contributed by atoms with Crippen molar-refractivity contribution in [1.82, 2.24) is 0 Å². The zero-order valence-corrected chi connectivity index (χ0v) is 11.0. The summed E-state index contributed by atoms with van der Waals surface area (Å²) in [6, 6.07) is 5.83. The maximum Gasteiger partial charge on any atom is 0.165 e. The summed E-state index contributed by atoms with van der Waals surface area (Å²) in [6.45, 7) is 1.59. The molecule has 0 aliphatic carbocycles. The Bertz CT molecular complexity index is 389. The largest absolute Gasteiger partial charge is 0.493 e. The average molecular weight is 251 g/mol. The summed E-state index contributed by atoms with van der Waals surface area (Å²) in [7, 11) is 3.29. The van der Waals surface area contributed by atoms with Gasteiger partial charge in [-0.25, -0.2) is 0 Å². The van der Waals surface area contributed by atoms with Gasteiger partial charge in [0.25, 0.3) is 0 Å². The van der Waals surface area contributed by atoms with Crippen LogP contribution >= 0.6 is 0 Å². The molecule has 1 saturated heterocycles. The first-order valence-corrected chi connectivity index (χ1v) is 6.32. The zero-order chi connectivity index (χ0) is 13.0. The minimum Gasteiger partial charge on any atom is -0.493 e. The van der Waals surface area contributed by atoms with Crippen molar-refractivity contribution >= 4 is 0 Å². The van der Waals surface area contributed by atoms with E-state index >= 15 is 0 Å². The van der Waals surface area contributed by atoms with Crippen LogP contribution in [0.5, 0.6) is 11.5 Å². The number of para-hydroxylation sites is 1. The highest BCUT2D eigenvalue weighted by atomic mass is 16.5. The number of benzene rings is 1. The lowest BCUT2D eigenvalue weighted by Crippen LogP contribution is -2.27. The normalized spacial score (nSPS) is 18.4. The van der Waals surface area contributed by atoms with Gasteiger partial charge in [0, 0.05) is 24.8 Å². The maximum absolute atomic E-state index is 6.38. The van der Waals surface area contributed by atoms with Crippen LogP contribution in [-0.4, -0.2) is 27.4 Å². The summed E-state index contributed by atoms with van der Waals surface area (Å²) in [5.41, 5.74) is 7.40. The predicted octanol–water partition coefficient (Wildman–Crippen LogP) is 2.13. The van der Waals surface area contributed by atoms with Crippen molar-refractivity contribution in [3.8, 4) is 11.5 Å². The van der Waals surface area contributed by atoms with Gasteiger partial charge in [-0.3, -0.25) is 0 Å². The van der Waals surface area contributed by atoms with Crippen molar-refractivity contribution in [3.63, 3.8) is 0 Å². The lowest BCUT2D eigenvalue weighted by atomic mass is 9.87. The monoisotopic (exact) mass is 251 g/mol. The SMILES string of the molecule is COc1cccc([C@@H](N)C2CCOCC2)c1OC. The Morgan fingerprint density at radius 2 is 1.94 bits per heavy atom. The second-order valence-corrected chi connectivity index (χ2v) is 4.56. The van der Waals surface area contributed by atoms with E-state index in [9.17, 15) is 0 Å². The first kappa shape index (κ1) is 13.2. The summed E-state index contributed by atoms with van der Waals surface area (Å²) in [5, 5.41) is 0. The molecule has 4 heteroatoms. The third-order valence-electron chi connectivity index (χ3n) is 3.57. The summed E-state index contributed by atoms with van der Waals surface area (Å²) in [5.74, 6) is 1.93. The first-order valence-electron chi connectivity index (χ1n) is 6.32. The fourth-order valence-electron chi connectivity index (χ4n) is 2.50. The Balaban J connectivity index is 2.25. The number of hydrogen-bond acceptors (Lipinski definition) is 4. The lowest BCUT2D eigenvalue weighted by molar-refractivity contribution is 0.0581. The van der Waals surface area contributed by atoms with Gasteiger partial charge in [-0.15, -0.1) is 0 Å². The van der Waals surface area contributed by atoms with E-state index in [2.05, 4.69) is 0 Å². The fraction of sp³-hybridized carbons (Fsp3) is 0.571. The van der Waals surface area contributed by atoms with Crippen LogP contribution in [0.4, 0.5) is 0 Å². The van der Waals surface area contributed by atoms with E-state index in [0.29, 0.717) is 5.92 Å². The Hall–Kier alpha value is -1.26. The summed E-state index contributed by atoms with van der Waals surface area (Å²) < 4.78 is 16.1. The highest BCUT2D eigenvalue weighted by Crippen LogP contribution is 2.38. The van der Waals surface area contributed by atoms with Gasteiger partial charge in [0.1, 0.15) is 0 Å². The minimum atomic E-state index is -0.0288. The predicted molar refractivity (Wildman–Crippen MR) is 70.0 cm³/mol. The molecule has 2 N–H and O–H groups in total. The average Bonchev–Trinajstić information content (AvgIpc) is 2.46. The van der Waals surface area contributed by atoms with E-state index in [1.807, 2.05) is 18.2 Å². The first-order chi connectivity index (χ1) is 8.77. The molecule has 100 valence electrons. The molecule has 1 fully saturated rings. The molecule has 1 aromatic carbocycles. The summed E-state index contributed by atoms with van der Waals surface area (Å²) >= 11 is 0. The third kappa shape index (κ3) is 2.60. The van der Waals surface area contributed by atoms with Gasteiger partial charge in [0.05, 0.1) is 14.2 Å². The minimum absolute atomic E-state index is 0.0288. The van der Waals surface area contributed by atoms with Crippen LogP contribution in [0.1, 0.15) is 24.4 Å². The van der Waals surface area contributed by atoms with Crippen LogP contribution in [0, 0.1) is 5.92 Å². The van der Waals surface area contributed by atoms with Gasteiger partial charge in [0.15, 0.2) is 11.5 Å². The Labute approximate surface area is 108 Å². The van der Waals surface area contributed by atoms with Crippen molar-refractivity contribution in [3.05, 3.63) is 23.8 Å². The molecule has 0 spiro atoms. The number of nitrogens with two attached hydrogens (primary N) is 1. The zero-order valence-electron chi connectivity index (χ0n) is 11.0. The van der Waals surface area contributed by atoms with Gasteiger partial charge in [-0.05, 0) is 24.8 Å². The molecule has 1 heterocycles. The van der Waals surface area contributed by atoms with Crippen molar-refractivity contribution in [2.24, 2.45) is 11.7 Å². The van der Waals surface area contributed by atoms with Crippen LogP contribution in [0.2, 0.25) is 0 Å². The molecular formula is C14H21NO3. The van der Waals surface area contributed by atoms with E-state index in [1.54, 1.807) is 14.2 Å². The standard InChI is InChI=1S/C14H21NO3/c1-16-12-5-3-4-11(14(12)17-2)13(15)10-6-8-18-9-7-10/h3-5,10,13H,6-9,15H2,1-2H3/t13-/m0/s1. The van der Waals surface area contributed by atoms with E-state index < -0.39 is 0 Å². The van der Waals surface area contributed by atoms with E-state index in [4.69, 9.17) is 19.9 Å². The molecule has 0 bridgehead atoms. The molecule has 0 aromatic heterocycles. The Kier molecular flexibility index (Phi) is 4.44. The van der Waals surface area contributed by atoms with E-state index in [-0.39, 0.29) is 6.04 Å². The molecule has 0 unspecified atom stereocenters. The number of rotatable bonds is 4. The van der Waals surface area contributed by atoms with Crippen LogP contribution in [0.15, 0.2) is 18.2 Å². The molecular weight excluding hydrogens is 230 g/mol. The Morgan fingerprint density at radius 1 is 1.22 bits per heavy atom. The van der Waals surface area contributed by atoms with Crippen molar-refractivity contribution in [1.29, 1.82) is 0 Å². The topological polar surface area (TPSA) is 53.7 Å². The lowest BCUT2D eigenvalue weighted by Gasteiger charge is -2.29. The number of ether oxygens (including phenoxy) is 3. The molecule has 18 heavy (non-hydrogen) atoms. The second-order valence-electron chi connectivity index (χ2n) is 4.56. The van der Waals surface area contributed by atoms with Crippen molar-refractivity contribution in [2.45, 2.75) is 18.9 Å². The van der Waals surface area contributed by atoms with Crippen LogP contribution in [-0.2, 0) is 4.74 Å². The van der Waals surface area contributed by atoms with Gasteiger partial charge in [-0.2, -0.15) is 0 Å². The summed E-state index contributed by atoms with van der Waals surface area (Å²) in [6.07, 6.45) is 2.00. The second kappa shape index (κ2) is 6.07. The van der Waals surface area contributed by atoms with E-state index in [1.165, 1.54) is 0 Å². The van der Waals surface area contributed by atoms with Crippen molar-refractivity contribution < 1.29 is 14.2 Å². The molecule has 1 aliphatic heterocycles. The van der Waals surface area contributed by atoms with Crippen LogP contribution in [0.25, 0.3) is 0 Å². The molecule has 0 saturated carbocycles. The Morgan fingerprint density at radius 3 is 2.56 bits per heavy atom. The van der Waals surface area contributed by atoms with Crippen LogP contribution < -0.4 is 15.2 Å². The van der Waals surface area contributed by atoms with Gasteiger partial charge in [0.2, 0.25) is 0 Å². The van der Waals surface area contributed by atoms with Gasteiger partial charge < -0.3 is 19.9 Å². The van der Waals surface area contributed by atoms with Crippen molar-refractivity contribution in [2.75, 3.05) is 27.4 Å². The third-order valence-corrected chi connectivity index (χ3v) is 3.57. The molecule has 1 atom stereocenters. The van der Waals surface area contributed by atoms with Crippen LogP contribution in [0.3, 0.4) is 0 Å². The summed E-state index contributed by atoms with van der Waals surface area (Å²) in [4.78, 5) is 0. The van der Waals surface area contributed by atoms with Gasteiger partial charge >= 0.3 is 0 Å². The molecule has 2 rings (SSSR count). The highest BCUT2D eigenvalue weighted by molar-refractivity contribution is 5.48. The molecule has 4 nitrogen and oxygen atoms in total. The quantitative estimate of drug-likeness (QED) is 0.890. The number of hydrogen-bond donors (Lipinski definition) is 1.